The van der Waals surface area contributed by atoms with Gasteiger partial charge in [0.15, 0.2) is 11.9 Å². The third-order valence-electron chi connectivity index (χ3n) is 4.00. The van der Waals surface area contributed by atoms with Gasteiger partial charge in [-0.2, -0.15) is 4.98 Å². The van der Waals surface area contributed by atoms with Crippen LogP contribution in [0.1, 0.15) is 53.9 Å². The number of carbonyl (C=O) groups excluding carboxylic acids is 1. The molecule has 1 aromatic carbocycles. The summed E-state index contributed by atoms with van der Waals surface area (Å²) in [6.07, 6.45) is 1.44. The fourth-order valence-electron chi connectivity index (χ4n) is 2.57. The molecule has 7 heteroatoms. The van der Waals surface area contributed by atoms with Crippen molar-refractivity contribution in [2.75, 3.05) is 0 Å². The number of rotatable bonds is 4. The SMILES string of the molecule is CC(OC(=O)c1cc(=O)[nH]c2ccccc12)c1nc(C2CC2)no1. The van der Waals surface area contributed by atoms with Crippen LogP contribution in [0.4, 0.5) is 0 Å². The first-order valence-corrected chi connectivity index (χ1v) is 7.78. The van der Waals surface area contributed by atoms with Gasteiger partial charge in [-0.1, -0.05) is 23.4 Å². The monoisotopic (exact) mass is 325 g/mol. The van der Waals surface area contributed by atoms with Crippen molar-refractivity contribution in [3.8, 4) is 0 Å². The lowest BCUT2D eigenvalue weighted by atomic mass is 10.1. The Morgan fingerprint density at radius 2 is 2.17 bits per heavy atom. The highest BCUT2D eigenvalue weighted by Gasteiger charge is 2.30. The summed E-state index contributed by atoms with van der Waals surface area (Å²) in [4.78, 5) is 31.2. The van der Waals surface area contributed by atoms with E-state index in [0.29, 0.717) is 22.6 Å². The van der Waals surface area contributed by atoms with Gasteiger partial charge < -0.3 is 14.2 Å². The molecule has 1 aliphatic carbocycles. The lowest BCUT2D eigenvalue weighted by Gasteiger charge is -2.10. The normalized spacial score (nSPS) is 15.4. The minimum Gasteiger partial charge on any atom is -0.449 e. The number of aromatic amines is 1. The Hall–Kier alpha value is -2.96. The van der Waals surface area contributed by atoms with Gasteiger partial charge in [-0.05, 0) is 25.8 Å². The van der Waals surface area contributed by atoms with Crippen molar-refractivity contribution in [1.29, 1.82) is 0 Å². The third kappa shape index (κ3) is 2.68. The van der Waals surface area contributed by atoms with E-state index in [9.17, 15) is 9.59 Å². The molecule has 1 fully saturated rings. The molecule has 0 spiro atoms. The molecule has 0 aliphatic heterocycles. The molecule has 1 N–H and O–H groups in total. The number of nitrogens with one attached hydrogen (secondary N) is 1. The van der Waals surface area contributed by atoms with E-state index in [-0.39, 0.29) is 17.0 Å². The van der Waals surface area contributed by atoms with Gasteiger partial charge >= 0.3 is 5.97 Å². The van der Waals surface area contributed by atoms with Crippen LogP contribution in [0.25, 0.3) is 10.9 Å². The molecule has 2 heterocycles. The van der Waals surface area contributed by atoms with Crippen LogP contribution in [-0.2, 0) is 4.74 Å². The summed E-state index contributed by atoms with van der Waals surface area (Å²) in [5, 5.41) is 4.53. The first-order chi connectivity index (χ1) is 11.6. The van der Waals surface area contributed by atoms with E-state index in [1.807, 2.05) is 0 Å². The molecule has 4 rings (SSSR count). The number of pyridine rings is 1. The Bertz CT molecular complexity index is 971. The number of hydrogen-bond acceptors (Lipinski definition) is 6. The second kappa shape index (κ2) is 5.59. The van der Waals surface area contributed by atoms with Gasteiger partial charge in [0.05, 0.1) is 5.56 Å². The first kappa shape index (κ1) is 14.6. The molecule has 0 saturated heterocycles. The number of hydrogen-bond donors (Lipinski definition) is 1. The molecular formula is C17H15N3O4. The van der Waals surface area contributed by atoms with Crippen LogP contribution < -0.4 is 5.56 Å². The second-order valence-corrected chi connectivity index (χ2v) is 5.91. The molecule has 0 bridgehead atoms. The lowest BCUT2D eigenvalue weighted by molar-refractivity contribution is 0.0267. The van der Waals surface area contributed by atoms with Gasteiger partial charge in [-0.15, -0.1) is 0 Å². The minimum atomic E-state index is -0.685. The van der Waals surface area contributed by atoms with Crippen LogP contribution >= 0.6 is 0 Å². The highest BCUT2D eigenvalue weighted by atomic mass is 16.6. The lowest BCUT2D eigenvalue weighted by Crippen LogP contribution is -2.14. The number of H-pyrrole nitrogens is 1. The number of benzene rings is 1. The molecule has 122 valence electrons. The van der Waals surface area contributed by atoms with Gasteiger partial charge in [0.1, 0.15) is 0 Å². The zero-order valence-corrected chi connectivity index (χ0v) is 13.0. The number of carbonyl (C=O) groups is 1. The smallest absolute Gasteiger partial charge is 0.339 e. The van der Waals surface area contributed by atoms with Crippen LogP contribution in [0.5, 0.6) is 0 Å². The van der Waals surface area contributed by atoms with Gasteiger partial charge in [0.2, 0.25) is 5.56 Å². The third-order valence-corrected chi connectivity index (χ3v) is 4.00. The predicted molar refractivity (Wildman–Crippen MR) is 84.7 cm³/mol. The number of ether oxygens (including phenoxy) is 1. The standard InChI is InChI=1S/C17H15N3O4/c1-9(16-19-15(20-24-16)10-6-7-10)23-17(22)12-8-14(21)18-13-5-3-2-4-11(12)13/h2-5,8-10H,6-7H2,1H3,(H,18,21). The van der Waals surface area contributed by atoms with E-state index in [4.69, 9.17) is 9.26 Å². The minimum absolute atomic E-state index is 0.211. The topological polar surface area (TPSA) is 98.1 Å². The fraction of sp³-hybridized carbons (Fsp3) is 0.294. The van der Waals surface area contributed by atoms with Crippen molar-refractivity contribution in [1.82, 2.24) is 15.1 Å². The van der Waals surface area contributed by atoms with Gasteiger partial charge in [0, 0.05) is 22.9 Å². The molecule has 0 amide bonds. The molecule has 0 radical (unpaired) electrons. The maximum atomic E-state index is 12.5. The van der Waals surface area contributed by atoms with Crippen molar-refractivity contribution in [3.05, 3.63) is 58.0 Å². The zero-order chi connectivity index (χ0) is 16.7. The molecule has 24 heavy (non-hydrogen) atoms. The van der Waals surface area contributed by atoms with Crippen molar-refractivity contribution in [3.63, 3.8) is 0 Å². The molecular weight excluding hydrogens is 310 g/mol. The predicted octanol–water partition coefficient (Wildman–Crippen LogP) is 2.71. The summed E-state index contributed by atoms with van der Waals surface area (Å²) < 4.78 is 10.6. The van der Waals surface area contributed by atoms with E-state index in [0.717, 1.165) is 12.8 Å². The average molecular weight is 325 g/mol. The summed E-state index contributed by atoms with van der Waals surface area (Å²) in [6, 6.07) is 8.30. The van der Waals surface area contributed by atoms with Crippen molar-refractivity contribution in [2.45, 2.75) is 31.8 Å². The van der Waals surface area contributed by atoms with E-state index < -0.39 is 12.1 Å². The van der Waals surface area contributed by atoms with Crippen LogP contribution in [0.3, 0.4) is 0 Å². The summed E-state index contributed by atoms with van der Waals surface area (Å²) in [5.41, 5.74) is 0.434. The zero-order valence-electron chi connectivity index (χ0n) is 13.0. The number of para-hydroxylation sites is 1. The fourth-order valence-corrected chi connectivity index (χ4v) is 2.57. The number of aromatic nitrogens is 3. The summed E-state index contributed by atoms with van der Waals surface area (Å²) in [7, 11) is 0. The first-order valence-electron chi connectivity index (χ1n) is 7.78. The molecule has 1 aliphatic rings. The Kier molecular flexibility index (Phi) is 3.41. The number of nitrogens with zero attached hydrogens (tertiary/aromatic N) is 2. The Morgan fingerprint density at radius 1 is 1.38 bits per heavy atom. The summed E-state index contributed by atoms with van der Waals surface area (Å²) >= 11 is 0. The van der Waals surface area contributed by atoms with Crippen molar-refractivity contribution < 1.29 is 14.1 Å². The molecule has 7 nitrogen and oxygen atoms in total. The summed E-state index contributed by atoms with van der Waals surface area (Å²) in [6.45, 7) is 1.66. The van der Waals surface area contributed by atoms with Gasteiger partial charge in [0.25, 0.3) is 5.89 Å². The summed E-state index contributed by atoms with van der Waals surface area (Å²) in [5.74, 6) is 0.687. The van der Waals surface area contributed by atoms with E-state index in [1.165, 1.54) is 6.07 Å². The van der Waals surface area contributed by atoms with E-state index >= 15 is 0 Å². The van der Waals surface area contributed by atoms with Crippen LogP contribution in [0.15, 0.2) is 39.6 Å². The molecule has 2 aromatic heterocycles. The second-order valence-electron chi connectivity index (χ2n) is 5.91. The maximum Gasteiger partial charge on any atom is 0.339 e. The Labute approximate surface area is 136 Å². The van der Waals surface area contributed by atoms with E-state index in [2.05, 4.69) is 15.1 Å². The molecule has 1 atom stereocenters. The van der Waals surface area contributed by atoms with Crippen molar-refractivity contribution >= 4 is 16.9 Å². The largest absolute Gasteiger partial charge is 0.449 e. The molecule has 1 unspecified atom stereocenters. The van der Waals surface area contributed by atoms with Gasteiger partial charge in [-0.3, -0.25) is 4.79 Å². The number of esters is 1. The van der Waals surface area contributed by atoms with Crippen LogP contribution in [0.2, 0.25) is 0 Å². The maximum absolute atomic E-state index is 12.5. The van der Waals surface area contributed by atoms with Crippen LogP contribution in [-0.4, -0.2) is 21.1 Å². The van der Waals surface area contributed by atoms with Gasteiger partial charge in [-0.25, -0.2) is 4.79 Å². The quantitative estimate of drug-likeness (QED) is 0.741. The molecule has 3 aromatic rings. The Morgan fingerprint density at radius 3 is 2.96 bits per heavy atom. The van der Waals surface area contributed by atoms with E-state index in [1.54, 1.807) is 31.2 Å². The average Bonchev–Trinajstić information content (AvgIpc) is 3.30. The van der Waals surface area contributed by atoms with Crippen molar-refractivity contribution in [2.24, 2.45) is 0 Å². The highest BCUT2D eigenvalue weighted by Crippen LogP contribution is 2.38. The molecule has 1 saturated carbocycles. The number of fused-ring (bicyclic) bond motifs is 1. The van der Waals surface area contributed by atoms with Crippen LogP contribution in [0, 0.1) is 0 Å². The highest BCUT2D eigenvalue weighted by molar-refractivity contribution is 6.03. The Balaban J connectivity index is 1.60.